The molecule has 0 atom stereocenters. The van der Waals surface area contributed by atoms with E-state index in [1.165, 1.54) is 0 Å². The maximum atomic E-state index is 10.8. The zero-order valence-corrected chi connectivity index (χ0v) is 7.60. The molecule has 1 saturated heterocycles. The first-order valence-corrected chi connectivity index (χ1v) is 4.40. The standard InChI is InChI=1S/C10H11NO3/c11-10(12)7-1-3-8(4-2-7)14-9-5-13-6-9/h1-4,9H,5-6H2,(H2,11,12). The Morgan fingerprint density at radius 3 is 2.43 bits per heavy atom. The summed E-state index contributed by atoms with van der Waals surface area (Å²) in [5.74, 6) is 0.312. The second kappa shape index (κ2) is 3.67. The maximum Gasteiger partial charge on any atom is 0.248 e. The van der Waals surface area contributed by atoms with Gasteiger partial charge >= 0.3 is 0 Å². The zero-order chi connectivity index (χ0) is 9.97. The van der Waals surface area contributed by atoms with Gasteiger partial charge in [-0.25, -0.2) is 0 Å². The quantitative estimate of drug-likeness (QED) is 0.763. The Balaban J connectivity index is 2.01. The summed E-state index contributed by atoms with van der Waals surface area (Å²) in [6, 6.07) is 6.77. The summed E-state index contributed by atoms with van der Waals surface area (Å²) in [7, 11) is 0. The van der Waals surface area contributed by atoms with Gasteiger partial charge in [0.1, 0.15) is 11.9 Å². The van der Waals surface area contributed by atoms with E-state index < -0.39 is 5.91 Å². The van der Waals surface area contributed by atoms with E-state index in [-0.39, 0.29) is 6.10 Å². The molecule has 1 heterocycles. The average Bonchev–Trinajstić information content (AvgIpc) is 2.12. The summed E-state index contributed by atoms with van der Waals surface area (Å²) in [5.41, 5.74) is 5.59. The molecule has 14 heavy (non-hydrogen) atoms. The first kappa shape index (κ1) is 9.02. The summed E-state index contributed by atoms with van der Waals surface area (Å²) in [5, 5.41) is 0. The van der Waals surface area contributed by atoms with Crippen LogP contribution in [-0.4, -0.2) is 25.2 Å². The Labute approximate surface area is 81.6 Å². The highest BCUT2D eigenvalue weighted by molar-refractivity contribution is 5.92. The second-order valence-corrected chi connectivity index (χ2v) is 3.17. The third kappa shape index (κ3) is 1.85. The normalized spacial score (nSPS) is 16.0. The Morgan fingerprint density at radius 1 is 1.36 bits per heavy atom. The van der Waals surface area contributed by atoms with Crippen molar-refractivity contribution in [3.63, 3.8) is 0 Å². The summed E-state index contributed by atoms with van der Waals surface area (Å²) >= 11 is 0. The summed E-state index contributed by atoms with van der Waals surface area (Å²) in [6.45, 7) is 1.27. The predicted molar refractivity (Wildman–Crippen MR) is 50.2 cm³/mol. The third-order valence-corrected chi connectivity index (χ3v) is 2.05. The van der Waals surface area contributed by atoms with Crippen molar-refractivity contribution in [1.29, 1.82) is 0 Å². The van der Waals surface area contributed by atoms with Crippen LogP contribution in [-0.2, 0) is 4.74 Å². The highest BCUT2D eigenvalue weighted by Gasteiger charge is 2.19. The minimum absolute atomic E-state index is 0.148. The van der Waals surface area contributed by atoms with Crippen LogP contribution < -0.4 is 10.5 Å². The van der Waals surface area contributed by atoms with Gasteiger partial charge < -0.3 is 15.2 Å². The van der Waals surface area contributed by atoms with Crippen molar-refractivity contribution in [1.82, 2.24) is 0 Å². The topological polar surface area (TPSA) is 61.6 Å². The molecular weight excluding hydrogens is 182 g/mol. The molecule has 0 spiro atoms. The van der Waals surface area contributed by atoms with Crippen LogP contribution >= 0.6 is 0 Å². The van der Waals surface area contributed by atoms with Gasteiger partial charge in [0, 0.05) is 5.56 Å². The number of carbonyl (C=O) groups excluding carboxylic acids is 1. The van der Waals surface area contributed by atoms with E-state index in [2.05, 4.69) is 0 Å². The van der Waals surface area contributed by atoms with Gasteiger partial charge in [0.05, 0.1) is 13.2 Å². The van der Waals surface area contributed by atoms with Crippen LogP contribution in [0.15, 0.2) is 24.3 Å². The molecule has 0 unspecified atom stereocenters. The van der Waals surface area contributed by atoms with Gasteiger partial charge in [-0.15, -0.1) is 0 Å². The molecule has 0 saturated carbocycles. The largest absolute Gasteiger partial charge is 0.486 e. The van der Waals surface area contributed by atoms with Gasteiger partial charge in [-0.3, -0.25) is 4.79 Å². The molecule has 0 bridgehead atoms. The minimum Gasteiger partial charge on any atom is -0.486 e. The maximum absolute atomic E-state index is 10.8. The van der Waals surface area contributed by atoms with Crippen LogP contribution in [0.4, 0.5) is 0 Å². The van der Waals surface area contributed by atoms with E-state index in [0.29, 0.717) is 18.8 Å². The molecule has 74 valence electrons. The number of nitrogens with two attached hydrogens (primary N) is 1. The number of ether oxygens (including phenoxy) is 2. The highest BCUT2D eigenvalue weighted by Crippen LogP contribution is 2.16. The number of hydrogen-bond acceptors (Lipinski definition) is 3. The fourth-order valence-corrected chi connectivity index (χ4v) is 1.17. The number of amides is 1. The van der Waals surface area contributed by atoms with Crippen molar-refractivity contribution in [3.8, 4) is 5.75 Å². The summed E-state index contributed by atoms with van der Waals surface area (Å²) < 4.78 is 10.5. The highest BCUT2D eigenvalue weighted by atomic mass is 16.6. The number of carbonyl (C=O) groups is 1. The molecule has 1 amide bonds. The molecule has 1 aliphatic heterocycles. The summed E-state index contributed by atoms with van der Waals surface area (Å²) in [6.07, 6.45) is 0.148. The van der Waals surface area contributed by atoms with Gasteiger partial charge in [0.2, 0.25) is 5.91 Å². The fraction of sp³-hybridized carbons (Fsp3) is 0.300. The third-order valence-electron chi connectivity index (χ3n) is 2.05. The van der Waals surface area contributed by atoms with Gasteiger partial charge in [0.15, 0.2) is 0 Å². The lowest BCUT2D eigenvalue weighted by atomic mass is 10.2. The molecule has 1 fully saturated rings. The average molecular weight is 193 g/mol. The van der Waals surface area contributed by atoms with E-state index >= 15 is 0 Å². The van der Waals surface area contributed by atoms with Crippen LogP contribution in [0.1, 0.15) is 10.4 Å². The minimum atomic E-state index is -0.427. The van der Waals surface area contributed by atoms with Crippen LogP contribution in [0.25, 0.3) is 0 Å². The molecular formula is C10H11NO3. The fourth-order valence-electron chi connectivity index (χ4n) is 1.17. The lowest BCUT2D eigenvalue weighted by Crippen LogP contribution is -2.38. The molecule has 1 aliphatic rings. The van der Waals surface area contributed by atoms with Gasteiger partial charge in [-0.1, -0.05) is 0 Å². The first-order chi connectivity index (χ1) is 6.75. The first-order valence-electron chi connectivity index (χ1n) is 4.40. The van der Waals surface area contributed by atoms with Crippen molar-refractivity contribution in [2.45, 2.75) is 6.10 Å². The molecule has 2 rings (SSSR count). The number of rotatable bonds is 3. The van der Waals surface area contributed by atoms with Crippen molar-refractivity contribution < 1.29 is 14.3 Å². The van der Waals surface area contributed by atoms with E-state index in [9.17, 15) is 4.79 Å². The SMILES string of the molecule is NC(=O)c1ccc(OC2COC2)cc1. The van der Waals surface area contributed by atoms with Crippen LogP contribution in [0.5, 0.6) is 5.75 Å². The van der Waals surface area contributed by atoms with Crippen LogP contribution in [0.2, 0.25) is 0 Å². The Morgan fingerprint density at radius 2 is 2.00 bits per heavy atom. The second-order valence-electron chi connectivity index (χ2n) is 3.17. The van der Waals surface area contributed by atoms with Gasteiger partial charge in [-0.2, -0.15) is 0 Å². The molecule has 4 nitrogen and oxygen atoms in total. The van der Waals surface area contributed by atoms with E-state index in [4.69, 9.17) is 15.2 Å². The van der Waals surface area contributed by atoms with Crippen LogP contribution in [0, 0.1) is 0 Å². The van der Waals surface area contributed by atoms with Crippen molar-refractivity contribution in [2.75, 3.05) is 13.2 Å². The number of benzene rings is 1. The molecule has 0 aliphatic carbocycles. The molecule has 1 aromatic rings. The van der Waals surface area contributed by atoms with Crippen molar-refractivity contribution in [3.05, 3.63) is 29.8 Å². The Hall–Kier alpha value is -1.55. The molecule has 2 N–H and O–H groups in total. The number of primary amides is 1. The van der Waals surface area contributed by atoms with Gasteiger partial charge in [-0.05, 0) is 24.3 Å². The van der Waals surface area contributed by atoms with Gasteiger partial charge in [0.25, 0.3) is 0 Å². The summed E-state index contributed by atoms with van der Waals surface area (Å²) in [4.78, 5) is 10.8. The van der Waals surface area contributed by atoms with Crippen LogP contribution in [0.3, 0.4) is 0 Å². The van der Waals surface area contributed by atoms with E-state index in [1.807, 2.05) is 0 Å². The van der Waals surface area contributed by atoms with Crippen molar-refractivity contribution in [2.24, 2.45) is 5.73 Å². The molecule has 4 heteroatoms. The Kier molecular flexibility index (Phi) is 2.37. The lowest BCUT2D eigenvalue weighted by molar-refractivity contribution is -0.0796. The van der Waals surface area contributed by atoms with E-state index in [0.717, 1.165) is 5.75 Å². The zero-order valence-electron chi connectivity index (χ0n) is 7.60. The van der Waals surface area contributed by atoms with E-state index in [1.54, 1.807) is 24.3 Å². The monoisotopic (exact) mass is 193 g/mol. The van der Waals surface area contributed by atoms with Crippen molar-refractivity contribution >= 4 is 5.91 Å². The lowest BCUT2D eigenvalue weighted by Gasteiger charge is -2.26. The Bertz CT molecular complexity index is 330. The smallest absolute Gasteiger partial charge is 0.248 e. The number of hydrogen-bond donors (Lipinski definition) is 1. The molecule has 0 aromatic heterocycles. The molecule has 0 radical (unpaired) electrons. The molecule has 1 aromatic carbocycles. The predicted octanol–water partition coefficient (Wildman–Crippen LogP) is 0.563.